The van der Waals surface area contributed by atoms with E-state index in [-0.39, 0.29) is 29.1 Å². The van der Waals surface area contributed by atoms with Crippen LogP contribution in [0.5, 0.6) is 0 Å². The maximum absolute atomic E-state index is 14.1. The van der Waals surface area contributed by atoms with Crippen molar-refractivity contribution in [3.8, 4) is 0 Å². The van der Waals surface area contributed by atoms with Crippen LogP contribution in [0.2, 0.25) is 0 Å². The number of nitrogens with zero attached hydrogens (tertiary/aromatic N) is 1. The van der Waals surface area contributed by atoms with Gasteiger partial charge in [-0.05, 0) is 49.0 Å². The molecule has 6 atom stereocenters. The summed E-state index contributed by atoms with van der Waals surface area (Å²) in [7, 11) is 1.51. The van der Waals surface area contributed by atoms with Crippen molar-refractivity contribution in [2.75, 3.05) is 26.8 Å². The van der Waals surface area contributed by atoms with Gasteiger partial charge >= 0.3 is 11.9 Å². The third kappa shape index (κ3) is 4.13. The molecule has 3 aliphatic carbocycles. The van der Waals surface area contributed by atoms with Crippen molar-refractivity contribution in [3.63, 3.8) is 0 Å². The minimum absolute atomic E-state index is 0.0332. The second-order valence-corrected chi connectivity index (χ2v) is 11.3. The van der Waals surface area contributed by atoms with Crippen LogP contribution in [0.15, 0.2) is 59.6 Å². The number of hydrogen-bond acceptors (Lipinski definition) is 8. The summed E-state index contributed by atoms with van der Waals surface area (Å²) in [6, 6.07) is 0. The lowest BCUT2D eigenvalue weighted by Crippen LogP contribution is -2.56. The van der Waals surface area contributed by atoms with Crippen molar-refractivity contribution < 1.29 is 33.7 Å². The standard InChI is InChI=1S/C30H39NO7/c1-8-12-31(13-9-2)15-19-24-27(34)26(33)23-20-11-10-17(3)29(20,5)14-21(37-18(4)32)25(23)30(24,6)22(16-36-7)38-28(19)35/h8-9,15,17,20-22,34H,1-2,10-14,16H2,3-7H3/b19-15+/t17?,20-,21+,22+,29+,30-/m0/s1. The average molecular weight is 526 g/mol. The fourth-order valence-corrected chi connectivity index (χ4v) is 7.23. The first-order chi connectivity index (χ1) is 17.9. The van der Waals surface area contributed by atoms with Crippen LogP contribution in [0.25, 0.3) is 0 Å². The molecule has 4 rings (SSSR count). The number of aliphatic hydroxyl groups excluding tert-OH is 1. The predicted octanol–water partition coefficient (Wildman–Crippen LogP) is 4.20. The Morgan fingerprint density at radius 1 is 1.21 bits per heavy atom. The predicted molar refractivity (Wildman–Crippen MR) is 142 cm³/mol. The van der Waals surface area contributed by atoms with Gasteiger partial charge in [-0.3, -0.25) is 9.59 Å². The van der Waals surface area contributed by atoms with E-state index in [2.05, 4.69) is 27.0 Å². The first-order valence-electron chi connectivity index (χ1n) is 13.2. The molecule has 0 aromatic rings. The van der Waals surface area contributed by atoms with Crippen LogP contribution >= 0.6 is 0 Å². The van der Waals surface area contributed by atoms with E-state index in [1.165, 1.54) is 14.0 Å². The van der Waals surface area contributed by atoms with Gasteiger partial charge in [-0.2, -0.15) is 0 Å². The Labute approximate surface area is 224 Å². The van der Waals surface area contributed by atoms with Gasteiger partial charge in [-0.25, -0.2) is 4.79 Å². The first-order valence-corrected chi connectivity index (χ1v) is 13.2. The minimum atomic E-state index is -1.16. The number of hydrogen-bond donors (Lipinski definition) is 1. The van der Waals surface area contributed by atoms with E-state index in [4.69, 9.17) is 14.2 Å². The summed E-state index contributed by atoms with van der Waals surface area (Å²) in [6.07, 6.45) is 5.65. The Morgan fingerprint density at radius 2 is 1.87 bits per heavy atom. The molecule has 1 N–H and O–H groups in total. The SMILES string of the molecule is C=CCN(/C=C1/C(=O)O[C@H](COC)[C@@]2(C)C1=C(O)C(=O)C1=C2[C@H](OC(C)=O)C[C@]2(C)C(C)CC[C@@H]12)CC=C. The number of allylic oxidation sites excluding steroid dienone is 1. The van der Waals surface area contributed by atoms with E-state index in [1.807, 2.05) is 6.92 Å². The van der Waals surface area contributed by atoms with E-state index < -0.39 is 41.1 Å². The van der Waals surface area contributed by atoms with E-state index in [0.717, 1.165) is 12.8 Å². The third-order valence-electron chi connectivity index (χ3n) is 9.22. The highest BCUT2D eigenvalue weighted by Crippen LogP contribution is 2.64. The molecule has 1 heterocycles. The molecule has 8 nitrogen and oxygen atoms in total. The largest absolute Gasteiger partial charge is 0.504 e. The number of Topliss-reactive ketones (excluding diaryl/α,β-unsaturated/α-hetero) is 1. The zero-order chi connectivity index (χ0) is 28.0. The average Bonchev–Trinajstić information content (AvgIpc) is 3.13. The highest BCUT2D eigenvalue weighted by Gasteiger charge is 2.64. The zero-order valence-corrected chi connectivity index (χ0v) is 23.0. The van der Waals surface area contributed by atoms with E-state index in [1.54, 1.807) is 23.3 Å². The number of ether oxygens (including phenoxy) is 3. The van der Waals surface area contributed by atoms with Crippen molar-refractivity contribution >= 4 is 17.7 Å². The van der Waals surface area contributed by atoms with E-state index in [0.29, 0.717) is 36.6 Å². The number of aliphatic hydroxyl groups is 1. The summed E-state index contributed by atoms with van der Waals surface area (Å²) >= 11 is 0. The Hall–Kier alpha value is -3.13. The van der Waals surface area contributed by atoms with Gasteiger partial charge in [0.15, 0.2) is 5.76 Å². The van der Waals surface area contributed by atoms with Gasteiger partial charge in [-0.15, -0.1) is 13.2 Å². The number of methoxy groups -OCH3 is 1. The Morgan fingerprint density at radius 3 is 2.45 bits per heavy atom. The highest BCUT2D eigenvalue weighted by atomic mass is 16.6. The van der Waals surface area contributed by atoms with Crippen LogP contribution in [-0.4, -0.2) is 66.7 Å². The molecule has 2 fully saturated rings. The molecule has 1 aliphatic heterocycles. The monoisotopic (exact) mass is 525 g/mol. The molecule has 0 radical (unpaired) electrons. The smallest absolute Gasteiger partial charge is 0.340 e. The Balaban J connectivity index is 2.01. The Kier molecular flexibility index (Phi) is 7.49. The molecule has 0 spiro atoms. The van der Waals surface area contributed by atoms with Gasteiger partial charge in [0.05, 0.1) is 17.6 Å². The van der Waals surface area contributed by atoms with Crippen LogP contribution in [-0.2, 0) is 28.6 Å². The van der Waals surface area contributed by atoms with Gasteiger partial charge < -0.3 is 24.2 Å². The maximum atomic E-state index is 14.1. The molecule has 1 saturated heterocycles. The molecule has 4 aliphatic rings. The van der Waals surface area contributed by atoms with Crippen molar-refractivity contribution in [2.24, 2.45) is 22.7 Å². The maximum Gasteiger partial charge on any atom is 0.340 e. The summed E-state index contributed by atoms with van der Waals surface area (Å²) in [5, 5.41) is 11.6. The van der Waals surface area contributed by atoms with Crippen molar-refractivity contribution in [3.05, 3.63) is 59.6 Å². The van der Waals surface area contributed by atoms with E-state index in [9.17, 15) is 19.5 Å². The van der Waals surface area contributed by atoms with Crippen LogP contribution in [0, 0.1) is 22.7 Å². The summed E-state index contributed by atoms with van der Waals surface area (Å²) in [5.74, 6) is -1.91. The molecular weight excluding hydrogens is 486 g/mol. The molecule has 0 aromatic carbocycles. The van der Waals surface area contributed by atoms with Gasteiger partial charge in [0.25, 0.3) is 0 Å². The highest BCUT2D eigenvalue weighted by molar-refractivity contribution is 6.13. The van der Waals surface area contributed by atoms with Crippen molar-refractivity contribution in [1.29, 1.82) is 0 Å². The zero-order valence-electron chi connectivity index (χ0n) is 23.0. The van der Waals surface area contributed by atoms with Crippen molar-refractivity contribution in [2.45, 2.75) is 59.2 Å². The molecule has 0 bridgehead atoms. The van der Waals surface area contributed by atoms with Gasteiger partial charge in [-0.1, -0.05) is 26.0 Å². The van der Waals surface area contributed by atoms with Gasteiger partial charge in [0, 0.05) is 44.5 Å². The van der Waals surface area contributed by atoms with Gasteiger partial charge in [0.2, 0.25) is 5.78 Å². The van der Waals surface area contributed by atoms with Crippen LogP contribution in [0.3, 0.4) is 0 Å². The van der Waals surface area contributed by atoms with E-state index >= 15 is 0 Å². The second-order valence-electron chi connectivity index (χ2n) is 11.3. The number of ketones is 1. The topological polar surface area (TPSA) is 102 Å². The summed E-state index contributed by atoms with van der Waals surface area (Å²) in [6.45, 7) is 15.9. The van der Waals surface area contributed by atoms with Crippen LogP contribution in [0.4, 0.5) is 0 Å². The fraction of sp³-hybridized carbons (Fsp3) is 0.567. The first kappa shape index (κ1) is 27.9. The summed E-state index contributed by atoms with van der Waals surface area (Å²) in [4.78, 5) is 41.6. The third-order valence-corrected chi connectivity index (χ3v) is 9.22. The molecule has 38 heavy (non-hydrogen) atoms. The molecule has 8 heteroatoms. The minimum Gasteiger partial charge on any atom is -0.504 e. The van der Waals surface area contributed by atoms with Crippen LogP contribution in [0.1, 0.15) is 47.0 Å². The molecule has 0 aromatic heterocycles. The number of rotatable bonds is 8. The fourth-order valence-electron chi connectivity index (χ4n) is 7.23. The molecule has 206 valence electrons. The second kappa shape index (κ2) is 10.2. The number of carbonyl (C=O) groups excluding carboxylic acids is 3. The number of fused-ring (bicyclic) bond motifs is 4. The summed E-state index contributed by atoms with van der Waals surface area (Å²) in [5.41, 5.74) is -0.0780. The van der Waals surface area contributed by atoms with Crippen LogP contribution < -0.4 is 0 Å². The van der Waals surface area contributed by atoms with Gasteiger partial charge in [0.1, 0.15) is 12.2 Å². The quantitative estimate of drug-likeness (QED) is 0.286. The van der Waals surface area contributed by atoms with Crippen molar-refractivity contribution in [1.82, 2.24) is 4.90 Å². The lowest BCUT2D eigenvalue weighted by molar-refractivity contribution is -0.160. The summed E-state index contributed by atoms with van der Waals surface area (Å²) < 4.78 is 17.4. The number of carbonyl (C=O) groups is 3. The number of esters is 2. The lowest BCUT2D eigenvalue weighted by Gasteiger charge is -2.54. The number of cyclic esters (lactones) is 1. The molecule has 1 unspecified atom stereocenters. The molecule has 0 amide bonds. The normalized spacial score (nSPS) is 35.3. The lowest BCUT2D eigenvalue weighted by atomic mass is 9.52. The molecular formula is C30H39NO7. The Bertz CT molecular complexity index is 1150. The molecule has 1 saturated carbocycles.